The SMILES string of the molecule is Cc1ccc(C(=O)Nc2cc(N)ccc2F)cc1O. The first kappa shape index (κ1) is 12.9. The molecule has 0 unspecified atom stereocenters. The van der Waals surface area contributed by atoms with Crippen LogP contribution < -0.4 is 11.1 Å². The molecule has 2 aromatic rings. The minimum atomic E-state index is -0.570. The van der Waals surface area contributed by atoms with E-state index in [-0.39, 0.29) is 17.0 Å². The van der Waals surface area contributed by atoms with Crippen LogP contribution in [0.4, 0.5) is 15.8 Å². The number of rotatable bonds is 2. The Morgan fingerprint density at radius 3 is 2.68 bits per heavy atom. The highest BCUT2D eigenvalue weighted by Crippen LogP contribution is 2.21. The lowest BCUT2D eigenvalue weighted by Gasteiger charge is -2.08. The van der Waals surface area contributed by atoms with Crippen molar-refractivity contribution in [2.24, 2.45) is 0 Å². The fourth-order valence-corrected chi connectivity index (χ4v) is 1.58. The Bertz CT molecular complexity index is 641. The number of carbonyl (C=O) groups is 1. The van der Waals surface area contributed by atoms with Crippen molar-refractivity contribution in [2.45, 2.75) is 6.92 Å². The zero-order valence-electron chi connectivity index (χ0n) is 10.3. The van der Waals surface area contributed by atoms with E-state index in [1.807, 2.05) is 0 Å². The normalized spacial score (nSPS) is 10.2. The van der Waals surface area contributed by atoms with E-state index >= 15 is 0 Å². The van der Waals surface area contributed by atoms with Gasteiger partial charge in [-0.2, -0.15) is 0 Å². The van der Waals surface area contributed by atoms with Gasteiger partial charge in [0.05, 0.1) is 5.69 Å². The quantitative estimate of drug-likeness (QED) is 0.727. The molecule has 2 rings (SSSR count). The van der Waals surface area contributed by atoms with Crippen molar-refractivity contribution >= 4 is 17.3 Å². The molecule has 0 aromatic heterocycles. The summed E-state index contributed by atoms with van der Waals surface area (Å²) in [7, 11) is 0. The summed E-state index contributed by atoms with van der Waals surface area (Å²) < 4.78 is 13.5. The number of nitrogens with one attached hydrogen (secondary N) is 1. The fraction of sp³-hybridized carbons (Fsp3) is 0.0714. The van der Waals surface area contributed by atoms with Gasteiger partial charge >= 0.3 is 0 Å². The highest BCUT2D eigenvalue weighted by molar-refractivity contribution is 6.04. The molecular formula is C14H13FN2O2. The summed E-state index contributed by atoms with van der Waals surface area (Å²) in [6, 6.07) is 8.41. The average molecular weight is 260 g/mol. The molecular weight excluding hydrogens is 247 g/mol. The van der Waals surface area contributed by atoms with Gasteiger partial charge in [-0.15, -0.1) is 0 Å². The number of hydrogen-bond acceptors (Lipinski definition) is 3. The van der Waals surface area contributed by atoms with Gasteiger partial charge in [-0.25, -0.2) is 4.39 Å². The van der Waals surface area contributed by atoms with Gasteiger partial charge < -0.3 is 16.2 Å². The molecule has 0 aliphatic heterocycles. The van der Waals surface area contributed by atoms with Crippen LogP contribution >= 0.6 is 0 Å². The predicted octanol–water partition coefficient (Wildman–Crippen LogP) is 2.67. The lowest BCUT2D eigenvalue weighted by Crippen LogP contribution is -2.13. The third-order valence-electron chi connectivity index (χ3n) is 2.71. The van der Waals surface area contributed by atoms with E-state index < -0.39 is 11.7 Å². The maximum Gasteiger partial charge on any atom is 0.255 e. The molecule has 0 atom stereocenters. The van der Waals surface area contributed by atoms with Gasteiger partial charge in [0.1, 0.15) is 11.6 Å². The van der Waals surface area contributed by atoms with Crippen molar-refractivity contribution in [3.63, 3.8) is 0 Å². The summed E-state index contributed by atoms with van der Waals surface area (Å²) in [6.45, 7) is 1.72. The van der Waals surface area contributed by atoms with E-state index in [1.165, 1.54) is 24.3 Å². The Balaban J connectivity index is 2.25. The van der Waals surface area contributed by atoms with Gasteiger partial charge in [0.2, 0.25) is 0 Å². The van der Waals surface area contributed by atoms with Crippen molar-refractivity contribution in [1.29, 1.82) is 0 Å². The third-order valence-corrected chi connectivity index (χ3v) is 2.71. The van der Waals surface area contributed by atoms with Gasteiger partial charge in [-0.3, -0.25) is 4.79 Å². The molecule has 0 radical (unpaired) electrons. The van der Waals surface area contributed by atoms with E-state index in [0.29, 0.717) is 11.3 Å². The number of carbonyl (C=O) groups excluding carboxylic acids is 1. The number of nitrogens with two attached hydrogens (primary N) is 1. The largest absolute Gasteiger partial charge is 0.508 e. The molecule has 0 aliphatic rings. The van der Waals surface area contributed by atoms with Crippen molar-refractivity contribution in [1.82, 2.24) is 0 Å². The fourth-order valence-electron chi connectivity index (χ4n) is 1.58. The number of amides is 1. The summed E-state index contributed by atoms with van der Waals surface area (Å²) in [6.07, 6.45) is 0. The number of phenols is 1. The van der Waals surface area contributed by atoms with Crippen molar-refractivity contribution in [2.75, 3.05) is 11.1 Å². The Morgan fingerprint density at radius 1 is 1.26 bits per heavy atom. The second-order valence-corrected chi connectivity index (χ2v) is 4.19. The molecule has 0 saturated heterocycles. The Labute approximate surface area is 109 Å². The zero-order chi connectivity index (χ0) is 14.0. The molecule has 19 heavy (non-hydrogen) atoms. The number of aromatic hydroxyl groups is 1. The van der Waals surface area contributed by atoms with Crippen LogP contribution in [-0.2, 0) is 0 Å². The first-order valence-electron chi connectivity index (χ1n) is 5.63. The molecule has 0 saturated carbocycles. The van der Waals surface area contributed by atoms with Crippen LogP contribution in [0.3, 0.4) is 0 Å². The maximum atomic E-state index is 13.5. The minimum Gasteiger partial charge on any atom is -0.508 e. The van der Waals surface area contributed by atoms with Gasteiger partial charge in [-0.05, 0) is 42.8 Å². The van der Waals surface area contributed by atoms with Crippen molar-refractivity contribution < 1.29 is 14.3 Å². The number of hydrogen-bond donors (Lipinski definition) is 3. The minimum absolute atomic E-state index is 0.00469. The number of halogens is 1. The van der Waals surface area contributed by atoms with Gasteiger partial charge in [0.25, 0.3) is 5.91 Å². The zero-order valence-corrected chi connectivity index (χ0v) is 10.3. The second-order valence-electron chi connectivity index (χ2n) is 4.19. The van der Waals surface area contributed by atoms with Crippen LogP contribution in [0.2, 0.25) is 0 Å². The average Bonchev–Trinajstić information content (AvgIpc) is 2.37. The van der Waals surface area contributed by atoms with Crippen LogP contribution in [0.5, 0.6) is 5.75 Å². The topological polar surface area (TPSA) is 75.4 Å². The van der Waals surface area contributed by atoms with E-state index in [0.717, 1.165) is 0 Å². The lowest BCUT2D eigenvalue weighted by atomic mass is 10.1. The first-order chi connectivity index (χ1) is 8.97. The van der Waals surface area contributed by atoms with Crippen molar-refractivity contribution in [3.8, 4) is 5.75 Å². The second kappa shape index (κ2) is 4.97. The van der Waals surface area contributed by atoms with Crippen LogP contribution in [0, 0.1) is 12.7 Å². The Hall–Kier alpha value is -2.56. The molecule has 98 valence electrons. The van der Waals surface area contributed by atoms with Crippen LogP contribution in [0.1, 0.15) is 15.9 Å². The molecule has 5 heteroatoms. The van der Waals surface area contributed by atoms with Gasteiger partial charge in [0.15, 0.2) is 0 Å². The van der Waals surface area contributed by atoms with Crippen LogP contribution in [-0.4, -0.2) is 11.0 Å². The number of phenolic OH excluding ortho intramolecular Hbond substituents is 1. The number of benzene rings is 2. The number of aryl methyl sites for hydroxylation is 1. The van der Waals surface area contributed by atoms with E-state index in [9.17, 15) is 14.3 Å². The highest BCUT2D eigenvalue weighted by atomic mass is 19.1. The first-order valence-corrected chi connectivity index (χ1v) is 5.63. The monoisotopic (exact) mass is 260 g/mol. The molecule has 0 aliphatic carbocycles. The summed E-state index contributed by atoms with van der Waals surface area (Å²) in [4.78, 5) is 11.9. The van der Waals surface area contributed by atoms with Gasteiger partial charge in [-0.1, -0.05) is 6.07 Å². The predicted molar refractivity (Wildman–Crippen MR) is 71.6 cm³/mol. The third kappa shape index (κ3) is 2.82. The summed E-state index contributed by atoms with van der Waals surface area (Å²) in [5.74, 6) is -1.07. The van der Waals surface area contributed by atoms with Crippen LogP contribution in [0.15, 0.2) is 36.4 Å². The number of anilines is 2. The number of nitrogen functional groups attached to an aromatic ring is 1. The molecule has 4 N–H and O–H groups in total. The standard InChI is InChI=1S/C14H13FN2O2/c1-8-2-3-9(6-13(8)18)14(19)17-12-7-10(16)4-5-11(12)15/h2-7,18H,16H2,1H3,(H,17,19). The van der Waals surface area contributed by atoms with Crippen LogP contribution in [0.25, 0.3) is 0 Å². The molecule has 1 amide bonds. The summed E-state index contributed by atoms with van der Waals surface area (Å²) in [5, 5.41) is 11.9. The molecule has 4 nitrogen and oxygen atoms in total. The summed E-state index contributed by atoms with van der Waals surface area (Å²) in [5.41, 5.74) is 6.78. The van der Waals surface area contributed by atoms with Crippen molar-refractivity contribution in [3.05, 3.63) is 53.3 Å². The van der Waals surface area contributed by atoms with E-state index in [1.54, 1.807) is 19.1 Å². The molecule has 0 bridgehead atoms. The molecule has 0 fully saturated rings. The summed E-state index contributed by atoms with van der Waals surface area (Å²) >= 11 is 0. The smallest absolute Gasteiger partial charge is 0.255 e. The Kier molecular flexibility index (Phi) is 3.37. The maximum absolute atomic E-state index is 13.5. The molecule has 2 aromatic carbocycles. The molecule has 0 heterocycles. The molecule has 0 spiro atoms. The Morgan fingerprint density at radius 2 is 2.00 bits per heavy atom. The highest BCUT2D eigenvalue weighted by Gasteiger charge is 2.11. The van der Waals surface area contributed by atoms with E-state index in [4.69, 9.17) is 5.73 Å². The lowest BCUT2D eigenvalue weighted by molar-refractivity contribution is 0.102. The van der Waals surface area contributed by atoms with E-state index in [2.05, 4.69) is 5.32 Å². The van der Waals surface area contributed by atoms with Gasteiger partial charge in [0, 0.05) is 11.3 Å².